The van der Waals surface area contributed by atoms with Gasteiger partial charge in [0.15, 0.2) is 11.5 Å². The van der Waals surface area contributed by atoms with E-state index in [1.54, 1.807) is 0 Å². The fraction of sp³-hybridized carbons (Fsp3) is 0.571. The van der Waals surface area contributed by atoms with E-state index in [1.165, 1.54) is 0 Å². The molecule has 0 spiro atoms. The highest BCUT2D eigenvalue weighted by Crippen LogP contribution is 2.22. The molecule has 5 nitrogen and oxygen atoms in total. The van der Waals surface area contributed by atoms with Gasteiger partial charge in [0.25, 0.3) is 0 Å². The predicted octanol–water partition coefficient (Wildman–Crippen LogP) is 2.74. The third-order valence-corrected chi connectivity index (χ3v) is 4.09. The van der Waals surface area contributed by atoms with Crippen LogP contribution < -0.4 is 10.2 Å². The fourth-order valence-corrected chi connectivity index (χ4v) is 2.69. The molecule has 20 heavy (non-hydrogen) atoms. The number of nitrogens with zero attached hydrogens (tertiary/aromatic N) is 4. The van der Waals surface area contributed by atoms with Crippen LogP contribution in [0, 0.1) is 0 Å². The number of fused-ring (bicyclic) bond motifs is 1. The van der Waals surface area contributed by atoms with Crippen molar-refractivity contribution in [3.8, 4) is 0 Å². The van der Waals surface area contributed by atoms with Crippen LogP contribution in [0.2, 0.25) is 0 Å². The van der Waals surface area contributed by atoms with Crippen molar-refractivity contribution in [2.45, 2.75) is 26.3 Å². The minimum Gasteiger partial charge on any atom is -0.369 e. The van der Waals surface area contributed by atoms with Crippen molar-refractivity contribution in [3.63, 3.8) is 0 Å². The highest BCUT2D eigenvalue weighted by molar-refractivity contribution is 7.98. The average Bonchev–Trinajstić information content (AvgIpc) is 2.91. The average molecular weight is 293 g/mol. The van der Waals surface area contributed by atoms with Crippen LogP contribution in [0.15, 0.2) is 18.6 Å². The number of imidazole rings is 1. The first-order valence-corrected chi connectivity index (χ1v) is 8.36. The van der Waals surface area contributed by atoms with Crippen LogP contribution in [-0.2, 0) is 0 Å². The largest absolute Gasteiger partial charge is 0.369 e. The molecule has 0 saturated carbocycles. The molecule has 1 N–H and O–H groups in total. The van der Waals surface area contributed by atoms with Gasteiger partial charge < -0.3 is 14.6 Å². The molecular formula is C14H23N5S. The van der Waals surface area contributed by atoms with Crippen molar-refractivity contribution < 1.29 is 0 Å². The van der Waals surface area contributed by atoms with E-state index < -0.39 is 0 Å². The zero-order valence-corrected chi connectivity index (χ0v) is 13.4. The molecule has 1 unspecified atom stereocenters. The van der Waals surface area contributed by atoms with E-state index in [-0.39, 0.29) is 0 Å². The Bertz CT molecular complexity index is 553. The van der Waals surface area contributed by atoms with Gasteiger partial charge in [-0.25, -0.2) is 9.97 Å². The van der Waals surface area contributed by atoms with Crippen molar-refractivity contribution in [3.05, 3.63) is 18.6 Å². The molecule has 6 heteroatoms. The third-order valence-electron chi connectivity index (χ3n) is 3.45. The van der Waals surface area contributed by atoms with Crippen LogP contribution in [0.25, 0.3) is 5.65 Å². The Morgan fingerprint density at radius 2 is 2.30 bits per heavy atom. The summed E-state index contributed by atoms with van der Waals surface area (Å²) in [5.41, 5.74) is 0.908. The Morgan fingerprint density at radius 3 is 3.00 bits per heavy atom. The van der Waals surface area contributed by atoms with Crippen LogP contribution >= 0.6 is 11.8 Å². The Balaban J connectivity index is 2.33. The van der Waals surface area contributed by atoms with E-state index in [1.807, 2.05) is 34.8 Å². The molecule has 1 atom stereocenters. The fourth-order valence-electron chi connectivity index (χ4n) is 2.11. The van der Waals surface area contributed by atoms with Crippen LogP contribution in [-0.4, -0.2) is 46.0 Å². The minimum absolute atomic E-state index is 0.437. The van der Waals surface area contributed by atoms with E-state index in [4.69, 9.17) is 4.98 Å². The molecule has 0 radical (unpaired) electrons. The third kappa shape index (κ3) is 3.17. The molecule has 0 fully saturated rings. The summed E-state index contributed by atoms with van der Waals surface area (Å²) in [5.74, 6) is 2.97. The summed E-state index contributed by atoms with van der Waals surface area (Å²) < 4.78 is 2.03. The highest BCUT2D eigenvalue weighted by atomic mass is 32.2. The van der Waals surface area contributed by atoms with Gasteiger partial charge >= 0.3 is 0 Å². The van der Waals surface area contributed by atoms with E-state index in [0.717, 1.165) is 36.0 Å². The summed E-state index contributed by atoms with van der Waals surface area (Å²) in [7, 11) is 2.09. The summed E-state index contributed by atoms with van der Waals surface area (Å²) in [6.45, 7) is 5.17. The molecule has 0 bridgehead atoms. The van der Waals surface area contributed by atoms with Crippen LogP contribution in [0.4, 0.5) is 11.6 Å². The number of hydrogen-bond acceptors (Lipinski definition) is 5. The molecule has 0 aliphatic heterocycles. The molecule has 0 aliphatic rings. The predicted molar refractivity (Wildman–Crippen MR) is 88.0 cm³/mol. The second-order valence-corrected chi connectivity index (χ2v) is 5.87. The van der Waals surface area contributed by atoms with Crippen molar-refractivity contribution >= 4 is 29.0 Å². The molecule has 0 saturated heterocycles. The molecule has 2 rings (SSSR count). The first-order valence-electron chi connectivity index (χ1n) is 6.96. The lowest BCUT2D eigenvalue weighted by Gasteiger charge is -2.26. The smallest absolute Gasteiger partial charge is 0.180 e. The normalized spacial score (nSPS) is 12.6. The van der Waals surface area contributed by atoms with Gasteiger partial charge in [-0.05, 0) is 32.3 Å². The molecule has 110 valence electrons. The molecule has 2 aromatic heterocycles. The van der Waals surface area contributed by atoms with Gasteiger partial charge in [-0.2, -0.15) is 11.8 Å². The van der Waals surface area contributed by atoms with Gasteiger partial charge in [0.05, 0.1) is 6.20 Å². The molecule has 0 aromatic carbocycles. The van der Waals surface area contributed by atoms with Gasteiger partial charge in [-0.15, -0.1) is 0 Å². The first kappa shape index (κ1) is 15.0. The number of thioether (sulfide) groups is 1. The summed E-state index contributed by atoms with van der Waals surface area (Å²) >= 11 is 1.88. The van der Waals surface area contributed by atoms with E-state index >= 15 is 0 Å². The van der Waals surface area contributed by atoms with Crippen LogP contribution in [0.5, 0.6) is 0 Å². The Morgan fingerprint density at radius 1 is 1.50 bits per heavy atom. The lowest BCUT2D eigenvalue weighted by molar-refractivity contribution is 0.662. The summed E-state index contributed by atoms with van der Waals surface area (Å²) in [4.78, 5) is 11.4. The van der Waals surface area contributed by atoms with Gasteiger partial charge in [-0.1, -0.05) is 0 Å². The summed E-state index contributed by atoms with van der Waals surface area (Å²) in [5, 5.41) is 3.28. The molecule has 0 aliphatic carbocycles. The topological polar surface area (TPSA) is 45.5 Å². The number of anilines is 2. The Kier molecular flexibility index (Phi) is 5.11. The zero-order chi connectivity index (χ0) is 14.5. The van der Waals surface area contributed by atoms with Gasteiger partial charge in [0.2, 0.25) is 0 Å². The second kappa shape index (κ2) is 6.83. The monoisotopic (exact) mass is 293 g/mol. The SMILES string of the molecule is CCNc1cn2ccnc2c(N(C)C(C)CCSC)n1. The van der Waals surface area contributed by atoms with Crippen molar-refractivity contribution in [1.29, 1.82) is 0 Å². The lowest BCUT2D eigenvalue weighted by Crippen LogP contribution is -2.30. The lowest BCUT2D eigenvalue weighted by atomic mass is 10.2. The molecule has 2 aromatic rings. The Hall–Kier alpha value is -1.43. The maximum absolute atomic E-state index is 4.72. The quantitative estimate of drug-likeness (QED) is 0.850. The molecule has 2 heterocycles. The number of hydrogen-bond donors (Lipinski definition) is 1. The first-order chi connectivity index (χ1) is 9.67. The summed E-state index contributed by atoms with van der Waals surface area (Å²) in [6.07, 6.45) is 9.04. The van der Waals surface area contributed by atoms with E-state index in [9.17, 15) is 0 Å². The standard InChI is InChI=1S/C14H23N5S/c1-5-15-12-10-19-8-7-16-13(19)14(17-12)18(3)11(2)6-9-20-4/h7-8,10-11,15H,5-6,9H2,1-4H3. The van der Waals surface area contributed by atoms with E-state index in [2.05, 4.69) is 42.4 Å². The highest BCUT2D eigenvalue weighted by Gasteiger charge is 2.16. The maximum Gasteiger partial charge on any atom is 0.180 e. The number of aromatic nitrogens is 3. The Labute approximate surface area is 124 Å². The van der Waals surface area contributed by atoms with E-state index in [0.29, 0.717) is 6.04 Å². The zero-order valence-electron chi connectivity index (χ0n) is 12.6. The minimum atomic E-state index is 0.437. The van der Waals surface area contributed by atoms with Crippen molar-refractivity contribution in [2.24, 2.45) is 0 Å². The number of rotatable bonds is 7. The molecular weight excluding hydrogens is 270 g/mol. The van der Waals surface area contributed by atoms with Gasteiger partial charge in [-0.3, -0.25) is 0 Å². The van der Waals surface area contributed by atoms with Crippen LogP contribution in [0.3, 0.4) is 0 Å². The molecule has 0 amide bonds. The van der Waals surface area contributed by atoms with Crippen LogP contribution in [0.1, 0.15) is 20.3 Å². The second-order valence-electron chi connectivity index (χ2n) is 4.88. The number of nitrogens with one attached hydrogen (secondary N) is 1. The maximum atomic E-state index is 4.72. The van der Waals surface area contributed by atoms with Crippen molar-refractivity contribution in [1.82, 2.24) is 14.4 Å². The van der Waals surface area contributed by atoms with Gasteiger partial charge in [0.1, 0.15) is 5.82 Å². The summed E-state index contributed by atoms with van der Waals surface area (Å²) in [6, 6.07) is 0.437. The van der Waals surface area contributed by atoms with Gasteiger partial charge in [0, 0.05) is 32.0 Å². The van der Waals surface area contributed by atoms with Crippen molar-refractivity contribution in [2.75, 3.05) is 35.8 Å².